The Hall–Kier alpha value is -1.99. The lowest BCUT2D eigenvalue weighted by atomic mass is 10.1. The number of rotatable bonds is 8. The molecule has 1 aliphatic rings. The summed E-state index contributed by atoms with van der Waals surface area (Å²) in [7, 11) is 3.16. The molecule has 1 aromatic rings. The maximum absolute atomic E-state index is 12.5. The van der Waals surface area contributed by atoms with Crippen LogP contribution in [0.15, 0.2) is 23.1 Å². The molecule has 0 saturated carbocycles. The maximum atomic E-state index is 12.5. The largest absolute Gasteiger partial charge is 0.493 e. The van der Waals surface area contributed by atoms with Gasteiger partial charge in [0.05, 0.1) is 18.1 Å². The Kier molecular flexibility index (Phi) is 6.90. The van der Waals surface area contributed by atoms with E-state index in [1.54, 1.807) is 26.4 Å². The van der Waals surface area contributed by atoms with Crippen LogP contribution in [0.5, 0.6) is 11.5 Å². The van der Waals surface area contributed by atoms with Crippen molar-refractivity contribution in [1.82, 2.24) is 4.90 Å². The van der Waals surface area contributed by atoms with Gasteiger partial charge in [0.25, 0.3) is 11.1 Å². The second-order valence-corrected chi connectivity index (χ2v) is 6.72. The number of hydrogen-bond donors (Lipinski definition) is 0. The second kappa shape index (κ2) is 8.92. The van der Waals surface area contributed by atoms with Crippen molar-refractivity contribution >= 4 is 29.0 Å². The van der Waals surface area contributed by atoms with Crippen LogP contribution in [0, 0.1) is 0 Å². The van der Waals surface area contributed by atoms with E-state index < -0.39 is 0 Å². The summed E-state index contributed by atoms with van der Waals surface area (Å²) in [5.74, 6) is 0.859. The molecule has 2 amide bonds. The summed E-state index contributed by atoms with van der Waals surface area (Å²) in [6.45, 7) is 4.69. The molecule has 0 atom stereocenters. The summed E-state index contributed by atoms with van der Waals surface area (Å²) in [5, 5.41) is -0.262. The molecule has 2 rings (SSSR count). The van der Waals surface area contributed by atoms with Crippen molar-refractivity contribution in [2.75, 3.05) is 27.4 Å². The van der Waals surface area contributed by atoms with Gasteiger partial charge in [-0.1, -0.05) is 12.1 Å². The number of methoxy groups -OCH3 is 2. The Morgan fingerprint density at radius 3 is 2.64 bits per heavy atom. The first-order valence-corrected chi connectivity index (χ1v) is 8.87. The number of para-hydroxylation sites is 1. The number of imide groups is 1. The summed E-state index contributed by atoms with van der Waals surface area (Å²) in [6, 6.07) is 5.45. The molecular weight excluding hydrogens is 342 g/mol. The van der Waals surface area contributed by atoms with Gasteiger partial charge in [-0.05, 0) is 44.2 Å². The average Bonchev–Trinajstić information content (AvgIpc) is 2.83. The van der Waals surface area contributed by atoms with Crippen LogP contribution >= 0.6 is 11.8 Å². The number of nitrogens with zero attached hydrogens (tertiary/aromatic N) is 1. The molecule has 0 spiro atoms. The molecule has 1 aromatic carbocycles. The number of carbonyl (C=O) groups is 2. The van der Waals surface area contributed by atoms with Gasteiger partial charge in [-0.25, -0.2) is 0 Å². The normalized spacial score (nSPS) is 16.2. The van der Waals surface area contributed by atoms with Gasteiger partial charge in [0.15, 0.2) is 11.5 Å². The topological polar surface area (TPSA) is 65.1 Å². The number of hydrogen-bond acceptors (Lipinski definition) is 6. The number of ether oxygens (including phenoxy) is 3. The smallest absolute Gasteiger partial charge is 0.293 e. The lowest BCUT2D eigenvalue weighted by Gasteiger charge is -2.16. The SMILES string of the molecule is COCCCN1C(=O)S/C(=C/c2cccc(OC)c2OC(C)C)C1=O. The number of carbonyl (C=O) groups excluding carboxylic acids is 2. The van der Waals surface area contributed by atoms with Crippen LogP contribution in [0.25, 0.3) is 6.08 Å². The van der Waals surface area contributed by atoms with Crippen molar-refractivity contribution in [1.29, 1.82) is 0 Å². The van der Waals surface area contributed by atoms with Crippen LogP contribution in [0.2, 0.25) is 0 Å². The summed E-state index contributed by atoms with van der Waals surface area (Å²) in [4.78, 5) is 26.2. The highest BCUT2D eigenvalue weighted by Gasteiger charge is 2.34. The van der Waals surface area contributed by atoms with E-state index in [1.807, 2.05) is 26.0 Å². The summed E-state index contributed by atoms with van der Waals surface area (Å²) in [5.41, 5.74) is 0.704. The van der Waals surface area contributed by atoms with Gasteiger partial charge in [0, 0.05) is 25.8 Å². The van der Waals surface area contributed by atoms with Crippen molar-refractivity contribution in [3.63, 3.8) is 0 Å². The molecule has 1 saturated heterocycles. The number of benzene rings is 1. The van der Waals surface area contributed by atoms with Crippen LogP contribution in [0.1, 0.15) is 25.8 Å². The molecule has 1 fully saturated rings. The minimum Gasteiger partial charge on any atom is -0.493 e. The van der Waals surface area contributed by atoms with E-state index in [9.17, 15) is 9.59 Å². The molecule has 136 valence electrons. The summed E-state index contributed by atoms with van der Waals surface area (Å²) < 4.78 is 16.2. The lowest BCUT2D eigenvalue weighted by Crippen LogP contribution is -2.29. The van der Waals surface area contributed by atoms with Gasteiger partial charge < -0.3 is 14.2 Å². The first-order valence-electron chi connectivity index (χ1n) is 8.06. The van der Waals surface area contributed by atoms with E-state index in [0.29, 0.717) is 41.5 Å². The van der Waals surface area contributed by atoms with E-state index >= 15 is 0 Å². The quantitative estimate of drug-likeness (QED) is 0.518. The van der Waals surface area contributed by atoms with Gasteiger partial charge in [-0.15, -0.1) is 0 Å². The third kappa shape index (κ3) is 4.76. The Bertz CT molecular complexity index is 671. The van der Waals surface area contributed by atoms with Crippen LogP contribution in [0.4, 0.5) is 4.79 Å². The highest BCUT2D eigenvalue weighted by atomic mass is 32.2. The Morgan fingerprint density at radius 2 is 2.00 bits per heavy atom. The third-order valence-corrected chi connectivity index (χ3v) is 4.38. The van der Waals surface area contributed by atoms with Crippen LogP contribution < -0.4 is 9.47 Å². The van der Waals surface area contributed by atoms with Gasteiger partial charge in [-0.2, -0.15) is 0 Å². The fourth-order valence-corrected chi connectivity index (χ4v) is 3.23. The molecule has 1 heterocycles. The number of thioether (sulfide) groups is 1. The molecule has 0 radical (unpaired) electrons. The first-order chi connectivity index (χ1) is 12.0. The van der Waals surface area contributed by atoms with Crippen LogP contribution in [-0.4, -0.2) is 49.5 Å². The molecule has 0 aromatic heterocycles. The third-order valence-electron chi connectivity index (χ3n) is 3.47. The Balaban J connectivity index is 2.28. The molecule has 0 bridgehead atoms. The minimum absolute atomic E-state index is 0.0486. The fraction of sp³-hybridized carbons (Fsp3) is 0.444. The average molecular weight is 365 g/mol. The van der Waals surface area contributed by atoms with Crippen LogP contribution in [0.3, 0.4) is 0 Å². The van der Waals surface area contributed by atoms with Crippen molar-refractivity contribution in [2.45, 2.75) is 26.4 Å². The van der Waals surface area contributed by atoms with Crippen LogP contribution in [-0.2, 0) is 9.53 Å². The lowest BCUT2D eigenvalue weighted by molar-refractivity contribution is -0.122. The maximum Gasteiger partial charge on any atom is 0.293 e. The Labute approximate surface area is 152 Å². The molecule has 25 heavy (non-hydrogen) atoms. The Morgan fingerprint density at radius 1 is 1.24 bits per heavy atom. The standard InChI is InChI=1S/C18H23NO5S/c1-12(2)24-16-13(7-5-8-14(16)23-4)11-15-17(20)19(18(21)25-15)9-6-10-22-3/h5,7-8,11-12H,6,9-10H2,1-4H3/b15-11+. The van der Waals surface area contributed by atoms with Gasteiger partial charge in [0.1, 0.15) is 0 Å². The minimum atomic E-state index is -0.288. The molecule has 0 aliphatic carbocycles. The van der Waals surface area contributed by atoms with E-state index in [1.165, 1.54) is 4.90 Å². The molecule has 6 nitrogen and oxygen atoms in total. The van der Waals surface area contributed by atoms with Gasteiger partial charge in [-0.3, -0.25) is 14.5 Å². The highest BCUT2D eigenvalue weighted by molar-refractivity contribution is 8.18. The van der Waals surface area contributed by atoms with E-state index in [-0.39, 0.29) is 17.3 Å². The summed E-state index contributed by atoms with van der Waals surface area (Å²) >= 11 is 0.937. The number of amides is 2. The molecular formula is C18H23NO5S. The van der Waals surface area contributed by atoms with Crippen molar-refractivity contribution in [3.8, 4) is 11.5 Å². The zero-order valence-electron chi connectivity index (χ0n) is 14.9. The first kappa shape index (κ1) is 19.3. The van der Waals surface area contributed by atoms with E-state index in [4.69, 9.17) is 14.2 Å². The van der Waals surface area contributed by atoms with Crippen molar-refractivity contribution in [3.05, 3.63) is 28.7 Å². The predicted molar refractivity (Wildman–Crippen MR) is 97.9 cm³/mol. The van der Waals surface area contributed by atoms with Gasteiger partial charge >= 0.3 is 0 Å². The monoisotopic (exact) mass is 365 g/mol. The predicted octanol–water partition coefficient (Wildman–Crippen LogP) is 3.56. The molecule has 1 aliphatic heterocycles. The van der Waals surface area contributed by atoms with E-state index in [2.05, 4.69) is 0 Å². The van der Waals surface area contributed by atoms with Crippen molar-refractivity contribution in [2.24, 2.45) is 0 Å². The molecule has 7 heteroatoms. The highest BCUT2D eigenvalue weighted by Crippen LogP contribution is 2.37. The second-order valence-electron chi connectivity index (χ2n) is 5.72. The van der Waals surface area contributed by atoms with Gasteiger partial charge in [0.2, 0.25) is 0 Å². The van der Waals surface area contributed by atoms with Crippen molar-refractivity contribution < 1.29 is 23.8 Å². The van der Waals surface area contributed by atoms with E-state index in [0.717, 1.165) is 11.8 Å². The zero-order chi connectivity index (χ0) is 18.4. The molecule has 0 N–H and O–H groups in total. The summed E-state index contributed by atoms with van der Waals surface area (Å²) in [6.07, 6.45) is 2.25. The molecule has 0 unspecified atom stereocenters. The zero-order valence-corrected chi connectivity index (χ0v) is 15.7. The fourth-order valence-electron chi connectivity index (χ4n) is 2.37.